The minimum Gasteiger partial charge on any atom is -0.489 e. The van der Waals surface area contributed by atoms with E-state index in [1.54, 1.807) is 0 Å². The molecule has 0 bridgehead atoms. The van der Waals surface area contributed by atoms with Gasteiger partial charge in [-0.1, -0.05) is 92.9 Å². The summed E-state index contributed by atoms with van der Waals surface area (Å²) >= 11 is 0. The Morgan fingerprint density at radius 3 is 1.53 bits per heavy atom. The summed E-state index contributed by atoms with van der Waals surface area (Å²) in [5.74, 6) is 3.20. The highest BCUT2D eigenvalue weighted by atomic mass is 16.5. The Morgan fingerprint density at radius 1 is 0.676 bits per heavy atom. The molecule has 0 aromatic heterocycles. The normalized spacial score (nSPS) is 14.0. The quantitative estimate of drug-likeness (QED) is 0.192. The molecule has 34 heavy (non-hydrogen) atoms. The van der Waals surface area contributed by atoms with E-state index in [1.807, 2.05) is 12.1 Å². The van der Waals surface area contributed by atoms with Crippen LogP contribution in [0.15, 0.2) is 12.1 Å². The molecule has 4 heteroatoms. The molecular formula is C30H54O4. The van der Waals surface area contributed by atoms with E-state index in [0.29, 0.717) is 36.5 Å². The van der Waals surface area contributed by atoms with Gasteiger partial charge in [-0.3, -0.25) is 0 Å². The van der Waals surface area contributed by atoms with Gasteiger partial charge >= 0.3 is 0 Å². The van der Waals surface area contributed by atoms with Gasteiger partial charge in [0.15, 0.2) is 11.5 Å². The third kappa shape index (κ3) is 11.3. The summed E-state index contributed by atoms with van der Waals surface area (Å²) in [5, 5.41) is 9.95. The van der Waals surface area contributed by atoms with Gasteiger partial charge in [-0.2, -0.15) is 0 Å². The fraction of sp³-hybridized carbons (Fsp3) is 0.800. The van der Waals surface area contributed by atoms with Gasteiger partial charge in [0, 0.05) is 0 Å². The average Bonchev–Trinajstić information content (AvgIpc) is 2.87. The summed E-state index contributed by atoms with van der Waals surface area (Å²) in [7, 11) is 0. The molecule has 0 fully saturated rings. The van der Waals surface area contributed by atoms with Crippen LogP contribution in [0.25, 0.3) is 0 Å². The zero-order valence-corrected chi connectivity index (χ0v) is 23.2. The largest absolute Gasteiger partial charge is 0.489 e. The second-order valence-corrected chi connectivity index (χ2v) is 9.82. The van der Waals surface area contributed by atoms with Crippen molar-refractivity contribution in [3.63, 3.8) is 0 Å². The maximum atomic E-state index is 9.95. The Labute approximate surface area is 210 Å². The molecule has 1 N–H and O–H groups in total. The SMILES string of the molecule is CCCCC(CC)COc1cc(CO)cc(OCC(CC)CCCC)c1OC(CC)CCCC. The third-order valence-corrected chi connectivity index (χ3v) is 6.92. The zero-order chi connectivity index (χ0) is 25.2. The summed E-state index contributed by atoms with van der Waals surface area (Å²) in [6.45, 7) is 14.6. The van der Waals surface area contributed by atoms with Crippen LogP contribution in [0, 0.1) is 11.8 Å². The lowest BCUT2D eigenvalue weighted by Crippen LogP contribution is -2.19. The summed E-state index contributed by atoms with van der Waals surface area (Å²) in [6, 6.07) is 3.88. The summed E-state index contributed by atoms with van der Waals surface area (Å²) < 4.78 is 19.4. The second kappa shape index (κ2) is 18.9. The van der Waals surface area contributed by atoms with E-state index in [4.69, 9.17) is 14.2 Å². The van der Waals surface area contributed by atoms with Gasteiger partial charge in [-0.25, -0.2) is 0 Å². The number of hydrogen-bond donors (Lipinski definition) is 1. The first-order valence-corrected chi connectivity index (χ1v) is 14.3. The van der Waals surface area contributed by atoms with E-state index in [9.17, 15) is 5.11 Å². The van der Waals surface area contributed by atoms with Crippen molar-refractivity contribution in [2.45, 2.75) is 131 Å². The molecule has 3 unspecified atom stereocenters. The number of aliphatic hydroxyl groups is 1. The van der Waals surface area contributed by atoms with Crippen LogP contribution in [0.3, 0.4) is 0 Å². The van der Waals surface area contributed by atoms with Crippen molar-refractivity contribution in [1.29, 1.82) is 0 Å². The van der Waals surface area contributed by atoms with E-state index in [0.717, 1.165) is 49.8 Å². The minimum absolute atomic E-state index is 0.0415. The lowest BCUT2D eigenvalue weighted by Gasteiger charge is -2.25. The summed E-state index contributed by atoms with van der Waals surface area (Å²) in [4.78, 5) is 0. The molecule has 0 saturated heterocycles. The topological polar surface area (TPSA) is 47.9 Å². The summed E-state index contributed by atoms with van der Waals surface area (Å²) in [5.41, 5.74) is 0.808. The fourth-order valence-corrected chi connectivity index (χ4v) is 4.21. The molecule has 198 valence electrons. The molecule has 1 aromatic rings. The first-order chi connectivity index (χ1) is 16.6. The van der Waals surface area contributed by atoms with Gasteiger partial charge in [0.05, 0.1) is 25.9 Å². The first kappa shape index (κ1) is 30.6. The third-order valence-electron chi connectivity index (χ3n) is 6.92. The van der Waals surface area contributed by atoms with Crippen molar-refractivity contribution < 1.29 is 19.3 Å². The molecule has 1 aromatic carbocycles. The van der Waals surface area contributed by atoms with Crippen LogP contribution in [-0.4, -0.2) is 24.4 Å². The summed E-state index contributed by atoms with van der Waals surface area (Å²) in [6.07, 6.45) is 13.8. The monoisotopic (exact) mass is 478 g/mol. The molecular weight excluding hydrogens is 424 g/mol. The molecule has 0 amide bonds. The van der Waals surface area contributed by atoms with Gasteiger partial charge < -0.3 is 19.3 Å². The molecule has 0 spiro atoms. The van der Waals surface area contributed by atoms with E-state index >= 15 is 0 Å². The first-order valence-electron chi connectivity index (χ1n) is 14.3. The van der Waals surface area contributed by atoms with Crippen LogP contribution < -0.4 is 14.2 Å². The van der Waals surface area contributed by atoms with Gasteiger partial charge in [0.1, 0.15) is 0 Å². The van der Waals surface area contributed by atoms with Crippen LogP contribution in [0.5, 0.6) is 17.2 Å². The molecule has 0 aliphatic rings. The standard InChI is InChI=1S/C30H54O4/c1-7-13-16-24(10-4)22-32-28-19-26(21-31)20-29(33-23-25(11-5)17-14-8-2)30(28)34-27(12-6)18-15-9-3/h19-20,24-25,27,31H,7-18,21-23H2,1-6H3. The molecule has 0 aliphatic carbocycles. The van der Waals surface area contributed by atoms with Crippen LogP contribution in [0.2, 0.25) is 0 Å². The zero-order valence-electron chi connectivity index (χ0n) is 23.2. The number of rotatable bonds is 21. The van der Waals surface area contributed by atoms with Gasteiger partial charge in [0.2, 0.25) is 5.75 Å². The highest BCUT2D eigenvalue weighted by Crippen LogP contribution is 2.41. The van der Waals surface area contributed by atoms with E-state index in [1.165, 1.54) is 38.5 Å². The lowest BCUT2D eigenvalue weighted by atomic mass is 10.0. The maximum Gasteiger partial charge on any atom is 0.203 e. The van der Waals surface area contributed by atoms with Gasteiger partial charge in [0.25, 0.3) is 0 Å². The number of ether oxygens (including phenoxy) is 3. The van der Waals surface area contributed by atoms with Crippen LogP contribution >= 0.6 is 0 Å². The van der Waals surface area contributed by atoms with E-state index < -0.39 is 0 Å². The number of unbranched alkanes of at least 4 members (excludes halogenated alkanes) is 3. The molecule has 4 nitrogen and oxygen atoms in total. The van der Waals surface area contributed by atoms with Crippen molar-refractivity contribution in [2.75, 3.05) is 13.2 Å². The van der Waals surface area contributed by atoms with Crippen molar-refractivity contribution in [3.8, 4) is 17.2 Å². The Bertz CT molecular complexity index is 589. The molecule has 0 heterocycles. The molecule has 0 saturated carbocycles. The van der Waals surface area contributed by atoms with Crippen LogP contribution in [-0.2, 0) is 6.61 Å². The molecule has 3 atom stereocenters. The van der Waals surface area contributed by atoms with Gasteiger partial charge in [-0.15, -0.1) is 0 Å². The van der Waals surface area contributed by atoms with Crippen molar-refractivity contribution in [1.82, 2.24) is 0 Å². The Morgan fingerprint density at radius 2 is 1.15 bits per heavy atom. The van der Waals surface area contributed by atoms with Crippen molar-refractivity contribution >= 4 is 0 Å². The number of hydrogen-bond acceptors (Lipinski definition) is 4. The Hall–Kier alpha value is -1.42. The van der Waals surface area contributed by atoms with Crippen molar-refractivity contribution in [3.05, 3.63) is 17.7 Å². The average molecular weight is 479 g/mol. The van der Waals surface area contributed by atoms with E-state index in [-0.39, 0.29) is 12.7 Å². The fourth-order valence-electron chi connectivity index (χ4n) is 4.21. The number of aliphatic hydroxyl groups excluding tert-OH is 1. The second-order valence-electron chi connectivity index (χ2n) is 9.82. The Kier molecular flexibility index (Phi) is 17.0. The maximum absolute atomic E-state index is 9.95. The number of benzene rings is 1. The molecule has 0 aliphatic heterocycles. The predicted molar refractivity (Wildman–Crippen MR) is 144 cm³/mol. The highest BCUT2D eigenvalue weighted by molar-refractivity contribution is 5.54. The van der Waals surface area contributed by atoms with Gasteiger partial charge in [-0.05, 0) is 55.2 Å². The molecule has 1 rings (SSSR count). The van der Waals surface area contributed by atoms with Crippen LogP contribution in [0.1, 0.15) is 124 Å². The van der Waals surface area contributed by atoms with Crippen molar-refractivity contribution in [2.24, 2.45) is 11.8 Å². The minimum atomic E-state index is -0.0415. The lowest BCUT2D eigenvalue weighted by molar-refractivity contribution is 0.150. The smallest absolute Gasteiger partial charge is 0.203 e. The van der Waals surface area contributed by atoms with E-state index in [2.05, 4.69) is 41.5 Å². The molecule has 0 radical (unpaired) electrons. The predicted octanol–water partition coefficient (Wildman–Crippen LogP) is 8.72. The Balaban J connectivity index is 3.21. The highest BCUT2D eigenvalue weighted by Gasteiger charge is 2.21. The van der Waals surface area contributed by atoms with Crippen LogP contribution in [0.4, 0.5) is 0 Å².